The molecular formula is C41H77NO12S. The number of aliphatic hydroxyl groups is 5. The lowest BCUT2D eigenvalue weighted by molar-refractivity contribution is -0.298. The third kappa shape index (κ3) is 25.5. The van der Waals surface area contributed by atoms with Crippen molar-refractivity contribution in [2.45, 2.75) is 217 Å². The molecule has 13 nitrogen and oxygen atoms in total. The van der Waals surface area contributed by atoms with Crippen LogP contribution in [-0.4, -0.2) is 107 Å². The maximum atomic E-state index is 13.0. The lowest BCUT2D eigenvalue weighted by atomic mass is 9.99. The van der Waals surface area contributed by atoms with Gasteiger partial charge in [-0.3, -0.25) is 9.35 Å². The average molecular weight is 808 g/mol. The van der Waals surface area contributed by atoms with E-state index in [2.05, 4.69) is 35.5 Å². The molecule has 1 aliphatic rings. The minimum Gasteiger partial charge on any atom is -0.394 e. The summed E-state index contributed by atoms with van der Waals surface area (Å²) in [5.41, 5.74) is 0. The molecule has 1 amide bonds. The molecule has 0 aliphatic carbocycles. The van der Waals surface area contributed by atoms with Crippen LogP contribution in [0, 0.1) is 0 Å². The summed E-state index contributed by atoms with van der Waals surface area (Å²) < 4.78 is 47.3. The molecule has 14 heteroatoms. The van der Waals surface area contributed by atoms with Crippen molar-refractivity contribution in [2.75, 3.05) is 13.2 Å². The fourth-order valence-electron chi connectivity index (χ4n) is 6.65. The molecule has 1 aliphatic heterocycles. The summed E-state index contributed by atoms with van der Waals surface area (Å²) in [6, 6.07) is -1.13. The van der Waals surface area contributed by atoms with Gasteiger partial charge in [0, 0.05) is 0 Å². The summed E-state index contributed by atoms with van der Waals surface area (Å²) in [5, 5.41) is 55.0. The second-order valence-electron chi connectivity index (χ2n) is 15.1. The Kier molecular flexibility index (Phi) is 30.5. The van der Waals surface area contributed by atoms with Gasteiger partial charge < -0.3 is 40.3 Å². The largest absolute Gasteiger partial charge is 0.397 e. The zero-order valence-electron chi connectivity index (χ0n) is 33.9. The Hall–Kier alpha value is -1.46. The van der Waals surface area contributed by atoms with Crippen LogP contribution in [0.3, 0.4) is 0 Å². The van der Waals surface area contributed by atoms with Crippen molar-refractivity contribution in [3.63, 3.8) is 0 Å². The number of ether oxygens (including phenoxy) is 2. The summed E-state index contributed by atoms with van der Waals surface area (Å²) in [4.78, 5) is 13.0. The van der Waals surface area contributed by atoms with Gasteiger partial charge in [-0.15, -0.1) is 0 Å². The first kappa shape index (κ1) is 51.6. The molecule has 0 bridgehead atoms. The van der Waals surface area contributed by atoms with Crippen LogP contribution in [-0.2, 0) is 28.9 Å². The lowest BCUT2D eigenvalue weighted by Gasteiger charge is -2.41. The Bertz CT molecular complexity index is 1110. The van der Waals surface area contributed by atoms with Gasteiger partial charge in [0.1, 0.15) is 30.5 Å². The van der Waals surface area contributed by atoms with Gasteiger partial charge in [-0.05, 0) is 32.1 Å². The van der Waals surface area contributed by atoms with Crippen molar-refractivity contribution in [1.29, 1.82) is 0 Å². The maximum Gasteiger partial charge on any atom is 0.397 e. The zero-order valence-corrected chi connectivity index (χ0v) is 34.7. The number of unbranched alkanes of at least 4 members (excludes halogenated alkanes) is 20. The highest BCUT2D eigenvalue weighted by Gasteiger charge is 2.48. The molecule has 1 rings (SSSR count). The van der Waals surface area contributed by atoms with Crippen LogP contribution in [0.4, 0.5) is 0 Å². The molecule has 1 heterocycles. The number of allylic oxidation sites excluding steroid dienone is 3. The minimum absolute atomic E-state index is 0.240. The minimum atomic E-state index is -5.12. The predicted octanol–water partition coefficient (Wildman–Crippen LogP) is 6.35. The Morgan fingerprint density at radius 1 is 0.727 bits per heavy atom. The second-order valence-corrected chi connectivity index (χ2v) is 16.1. The first-order valence-corrected chi connectivity index (χ1v) is 22.7. The number of aliphatic hydroxyl groups excluding tert-OH is 5. The topological polar surface area (TPSA) is 212 Å². The van der Waals surface area contributed by atoms with E-state index in [4.69, 9.17) is 14.0 Å². The van der Waals surface area contributed by atoms with Crippen LogP contribution < -0.4 is 5.32 Å². The van der Waals surface area contributed by atoms with Gasteiger partial charge in [0.05, 0.1) is 25.4 Å². The Morgan fingerprint density at radius 2 is 1.22 bits per heavy atom. The van der Waals surface area contributed by atoms with E-state index in [1.54, 1.807) is 6.08 Å². The third-order valence-corrected chi connectivity index (χ3v) is 10.6. The fourth-order valence-corrected chi connectivity index (χ4v) is 7.16. The SMILES string of the molecule is CCCCCCCC/C=C/CC/C=C/C(O)C(COC1OC(CO)C(O)C(OS(=O)(=O)O)C1O)NC(=O)C(O)CCCCCCCCCCCCCCCC. The van der Waals surface area contributed by atoms with E-state index >= 15 is 0 Å². The summed E-state index contributed by atoms with van der Waals surface area (Å²) in [6.07, 6.45) is 22.7. The van der Waals surface area contributed by atoms with Crippen molar-refractivity contribution in [1.82, 2.24) is 5.32 Å². The molecule has 0 saturated carbocycles. The highest BCUT2D eigenvalue weighted by atomic mass is 32.3. The van der Waals surface area contributed by atoms with E-state index < -0.39 is 78.5 Å². The summed E-state index contributed by atoms with van der Waals surface area (Å²) >= 11 is 0. The normalized spacial score (nSPS) is 22.4. The van der Waals surface area contributed by atoms with E-state index in [1.807, 2.05) is 0 Å². The number of amides is 1. The van der Waals surface area contributed by atoms with Crippen molar-refractivity contribution >= 4 is 16.3 Å². The number of carbonyl (C=O) groups is 1. The van der Waals surface area contributed by atoms with Gasteiger partial charge >= 0.3 is 10.4 Å². The fraction of sp³-hybridized carbons (Fsp3) is 0.878. The van der Waals surface area contributed by atoms with E-state index in [1.165, 1.54) is 102 Å². The Labute approximate surface area is 332 Å². The molecule has 8 atom stereocenters. The zero-order chi connectivity index (χ0) is 40.7. The molecular weight excluding hydrogens is 731 g/mol. The van der Waals surface area contributed by atoms with E-state index in [0.717, 1.165) is 38.5 Å². The van der Waals surface area contributed by atoms with Crippen molar-refractivity contribution in [3.05, 3.63) is 24.3 Å². The summed E-state index contributed by atoms with van der Waals surface area (Å²) in [7, 11) is -5.12. The first-order valence-electron chi connectivity index (χ1n) is 21.3. The van der Waals surface area contributed by atoms with Gasteiger partial charge in [-0.2, -0.15) is 8.42 Å². The molecule has 8 unspecified atom stereocenters. The lowest BCUT2D eigenvalue weighted by Crippen LogP contribution is -2.61. The van der Waals surface area contributed by atoms with Crippen LogP contribution in [0.25, 0.3) is 0 Å². The molecule has 1 saturated heterocycles. The molecule has 7 N–H and O–H groups in total. The van der Waals surface area contributed by atoms with Crippen LogP contribution in [0.1, 0.15) is 168 Å². The molecule has 55 heavy (non-hydrogen) atoms. The van der Waals surface area contributed by atoms with E-state index in [9.17, 15) is 38.7 Å². The summed E-state index contributed by atoms with van der Waals surface area (Å²) in [5.74, 6) is -0.713. The number of rotatable bonds is 35. The molecule has 0 aromatic rings. The average Bonchev–Trinajstić information content (AvgIpc) is 3.15. The van der Waals surface area contributed by atoms with Crippen LogP contribution >= 0.6 is 0 Å². The van der Waals surface area contributed by atoms with Crippen molar-refractivity contribution in [3.8, 4) is 0 Å². The van der Waals surface area contributed by atoms with Crippen molar-refractivity contribution < 1.29 is 57.0 Å². The molecule has 0 spiro atoms. The predicted molar refractivity (Wildman–Crippen MR) is 215 cm³/mol. The Morgan fingerprint density at radius 3 is 1.75 bits per heavy atom. The van der Waals surface area contributed by atoms with Crippen molar-refractivity contribution in [2.24, 2.45) is 0 Å². The monoisotopic (exact) mass is 808 g/mol. The van der Waals surface area contributed by atoms with Gasteiger partial charge in [0.25, 0.3) is 0 Å². The number of nitrogens with one attached hydrogen (secondary N) is 1. The van der Waals surface area contributed by atoms with Crippen LogP contribution in [0.5, 0.6) is 0 Å². The highest BCUT2D eigenvalue weighted by Crippen LogP contribution is 2.26. The van der Waals surface area contributed by atoms with Gasteiger partial charge in [-0.25, -0.2) is 4.18 Å². The molecule has 0 aromatic carbocycles. The summed E-state index contributed by atoms with van der Waals surface area (Å²) in [6.45, 7) is 3.16. The quantitative estimate of drug-likeness (QED) is 0.0212. The first-order chi connectivity index (χ1) is 26.4. The van der Waals surface area contributed by atoms with Gasteiger partial charge in [-0.1, -0.05) is 160 Å². The number of hydrogen-bond donors (Lipinski definition) is 7. The van der Waals surface area contributed by atoms with E-state index in [0.29, 0.717) is 12.8 Å². The molecule has 324 valence electrons. The smallest absolute Gasteiger partial charge is 0.394 e. The molecule has 0 aromatic heterocycles. The van der Waals surface area contributed by atoms with E-state index in [-0.39, 0.29) is 6.42 Å². The highest BCUT2D eigenvalue weighted by molar-refractivity contribution is 7.80. The molecule has 0 radical (unpaired) electrons. The van der Waals surface area contributed by atoms with Gasteiger partial charge in [0.15, 0.2) is 6.29 Å². The molecule has 1 fully saturated rings. The number of hydrogen-bond acceptors (Lipinski definition) is 11. The third-order valence-electron chi connectivity index (χ3n) is 10.1. The number of carbonyl (C=O) groups excluding carboxylic acids is 1. The van der Waals surface area contributed by atoms with Crippen LogP contribution in [0.15, 0.2) is 24.3 Å². The Balaban J connectivity index is 2.66. The van der Waals surface area contributed by atoms with Gasteiger partial charge in [0.2, 0.25) is 5.91 Å². The second kappa shape index (κ2) is 32.5. The van der Waals surface area contributed by atoms with Crippen LogP contribution in [0.2, 0.25) is 0 Å². The standard InChI is InChI=1S/C41H77NO12S/c1-3-5-7-9-11-13-15-17-18-20-22-24-26-28-30-35(45)40(48)42-33(34(44)29-27-25-23-21-19-16-14-12-10-8-6-4-2)32-52-41-38(47)39(54-55(49,50)51)37(46)36(31-43)53-41/h19,21,27,29,33-39,41,43-47H,3-18,20,22-26,28,30-32H2,1-2H3,(H,42,48)(H,49,50,51)/b21-19+,29-27+. The maximum absolute atomic E-state index is 13.0.